The first-order chi connectivity index (χ1) is 13.5. The molecule has 138 valence electrons. The first-order valence-corrected chi connectivity index (χ1v) is 8.61. The molecule has 0 spiro atoms. The summed E-state index contributed by atoms with van der Waals surface area (Å²) in [6, 6.07) is 11.2. The molecule has 0 N–H and O–H groups in total. The molecule has 0 unspecified atom stereocenters. The largest absolute Gasteiger partial charge is 0.336 e. The average molecular weight is 372 g/mol. The van der Waals surface area contributed by atoms with E-state index in [0.717, 1.165) is 21.0 Å². The summed E-state index contributed by atoms with van der Waals surface area (Å²) in [5.41, 5.74) is 1.38. The Morgan fingerprint density at radius 3 is 2.64 bits per heavy atom. The number of pyridine rings is 1. The number of nitrogens with zero attached hydrogens (tertiary/aromatic N) is 6. The summed E-state index contributed by atoms with van der Waals surface area (Å²) >= 11 is 0. The zero-order valence-corrected chi connectivity index (χ0v) is 15.3. The van der Waals surface area contributed by atoms with E-state index in [2.05, 4.69) is 10.1 Å². The van der Waals surface area contributed by atoms with Crippen molar-refractivity contribution in [3.8, 4) is 17.4 Å². The lowest BCUT2D eigenvalue weighted by Gasteiger charge is -2.16. The molecule has 0 aliphatic rings. The summed E-state index contributed by atoms with van der Waals surface area (Å²) in [7, 11) is 0. The lowest BCUT2D eigenvalue weighted by molar-refractivity contribution is 0.657. The molecule has 0 radical (unpaired) electrons. The average Bonchev–Trinajstić information content (AvgIpc) is 3.09. The van der Waals surface area contributed by atoms with Crippen LogP contribution in [0.5, 0.6) is 0 Å². The molecule has 3 heterocycles. The van der Waals surface area contributed by atoms with E-state index in [1.165, 1.54) is 15.4 Å². The van der Waals surface area contributed by atoms with Crippen LogP contribution in [0.2, 0.25) is 0 Å². The van der Waals surface area contributed by atoms with E-state index in [0.29, 0.717) is 11.4 Å². The van der Waals surface area contributed by atoms with Gasteiger partial charge in [-0.05, 0) is 31.5 Å². The summed E-state index contributed by atoms with van der Waals surface area (Å²) in [5.74, 6) is 0. The predicted molar refractivity (Wildman–Crippen MR) is 104 cm³/mol. The Kier molecular flexibility index (Phi) is 4.12. The van der Waals surface area contributed by atoms with Crippen LogP contribution < -0.4 is 11.2 Å². The quantitative estimate of drug-likeness (QED) is 0.547. The molecule has 8 nitrogen and oxygen atoms in total. The van der Waals surface area contributed by atoms with Crippen molar-refractivity contribution in [2.24, 2.45) is 0 Å². The van der Waals surface area contributed by atoms with Crippen molar-refractivity contribution in [2.75, 3.05) is 0 Å². The first kappa shape index (κ1) is 17.4. The van der Waals surface area contributed by atoms with E-state index in [9.17, 15) is 14.9 Å². The highest BCUT2D eigenvalue weighted by Crippen LogP contribution is 2.18. The van der Waals surface area contributed by atoms with Crippen LogP contribution in [-0.4, -0.2) is 23.9 Å². The van der Waals surface area contributed by atoms with Gasteiger partial charge in [-0.1, -0.05) is 18.2 Å². The Balaban J connectivity index is 2.14. The fraction of sp³-hybridized carbons (Fsp3) is 0.150. The lowest BCUT2D eigenvalue weighted by Crippen LogP contribution is -2.42. The molecule has 0 bridgehead atoms. The van der Waals surface area contributed by atoms with Crippen LogP contribution in [-0.2, 0) is 6.54 Å². The molecule has 0 aliphatic carbocycles. The molecule has 0 aliphatic heterocycles. The fourth-order valence-electron chi connectivity index (χ4n) is 3.28. The Labute approximate surface area is 159 Å². The monoisotopic (exact) mass is 372 g/mol. The Morgan fingerprint density at radius 2 is 1.89 bits per heavy atom. The van der Waals surface area contributed by atoms with E-state index in [1.807, 2.05) is 37.3 Å². The van der Waals surface area contributed by atoms with Gasteiger partial charge in [0.05, 0.1) is 35.4 Å². The van der Waals surface area contributed by atoms with Crippen LogP contribution in [0.25, 0.3) is 22.3 Å². The second kappa shape index (κ2) is 6.63. The third-order valence-electron chi connectivity index (χ3n) is 4.61. The number of aryl methyl sites for hydroxylation is 1. The van der Waals surface area contributed by atoms with Gasteiger partial charge in [0.1, 0.15) is 6.54 Å². The highest BCUT2D eigenvalue weighted by Gasteiger charge is 2.21. The molecule has 3 aromatic heterocycles. The van der Waals surface area contributed by atoms with E-state index in [-0.39, 0.29) is 12.2 Å². The molecule has 0 saturated carbocycles. The van der Waals surface area contributed by atoms with Gasteiger partial charge in [-0.2, -0.15) is 10.4 Å². The predicted octanol–water partition coefficient (Wildman–Crippen LogP) is 1.87. The molecule has 0 fully saturated rings. The number of rotatable bonds is 3. The lowest BCUT2D eigenvalue weighted by atomic mass is 10.2. The second-order valence-corrected chi connectivity index (χ2v) is 6.44. The van der Waals surface area contributed by atoms with Crippen LogP contribution in [0.15, 0.2) is 58.5 Å². The van der Waals surface area contributed by atoms with Gasteiger partial charge in [0.15, 0.2) is 5.69 Å². The zero-order valence-electron chi connectivity index (χ0n) is 15.3. The number of fused-ring (bicyclic) bond motifs is 1. The first-order valence-electron chi connectivity index (χ1n) is 8.61. The molecule has 0 saturated heterocycles. The van der Waals surface area contributed by atoms with Crippen molar-refractivity contribution >= 4 is 10.9 Å². The Hall–Kier alpha value is -3.99. The van der Waals surface area contributed by atoms with Crippen molar-refractivity contribution in [1.82, 2.24) is 23.9 Å². The third-order valence-corrected chi connectivity index (χ3v) is 4.61. The zero-order chi connectivity index (χ0) is 19.8. The minimum atomic E-state index is -0.586. The van der Waals surface area contributed by atoms with Gasteiger partial charge in [0, 0.05) is 11.6 Å². The number of hydrogen-bond donors (Lipinski definition) is 0. The molecule has 8 heteroatoms. The molecular weight excluding hydrogens is 356 g/mol. The molecule has 4 aromatic rings. The molecule has 1 aromatic carbocycles. The maximum absolute atomic E-state index is 13.4. The number of nitriles is 1. The molecule has 0 atom stereocenters. The number of hydrogen-bond acceptors (Lipinski definition) is 5. The van der Waals surface area contributed by atoms with Gasteiger partial charge < -0.3 is 0 Å². The number of benzene rings is 1. The highest BCUT2D eigenvalue weighted by atomic mass is 16.2. The van der Waals surface area contributed by atoms with Crippen LogP contribution >= 0.6 is 0 Å². The van der Waals surface area contributed by atoms with Crippen LogP contribution in [0, 0.1) is 25.2 Å². The van der Waals surface area contributed by atoms with E-state index in [4.69, 9.17) is 0 Å². The van der Waals surface area contributed by atoms with Gasteiger partial charge in [0.2, 0.25) is 0 Å². The number of aromatic nitrogens is 5. The highest BCUT2D eigenvalue weighted by molar-refractivity contribution is 5.80. The van der Waals surface area contributed by atoms with E-state index >= 15 is 0 Å². The van der Waals surface area contributed by atoms with Crippen LogP contribution in [0.3, 0.4) is 0 Å². The van der Waals surface area contributed by atoms with Crippen molar-refractivity contribution in [1.29, 1.82) is 5.26 Å². The van der Waals surface area contributed by atoms with Crippen LogP contribution in [0.1, 0.15) is 11.3 Å². The van der Waals surface area contributed by atoms with Gasteiger partial charge in [0.25, 0.3) is 5.56 Å². The summed E-state index contributed by atoms with van der Waals surface area (Å²) < 4.78 is 3.83. The van der Waals surface area contributed by atoms with Gasteiger partial charge in [-0.25, -0.2) is 14.0 Å². The standard InChI is InChI=1S/C20H16N6O2/c1-13-9-16(12-22-10-13)25-19(27)18(14(2)24(8-7-21)20(25)28)26-17-6-4-3-5-15(17)11-23-26/h3-6,9-12H,8H2,1-2H3. The topological polar surface area (TPSA) is 98.5 Å². The maximum atomic E-state index is 13.4. The Morgan fingerprint density at radius 1 is 1.11 bits per heavy atom. The van der Waals surface area contributed by atoms with Gasteiger partial charge in [-0.3, -0.25) is 14.3 Å². The molecule has 0 amide bonds. The summed E-state index contributed by atoms with van der Waals surface area (Å²) in [6.07, 6.45) is 4.75. The second-order valence-electron chi connectivity index (χ2n) is 6.44. The minimum Gasteiger partial charge on any atom is -0.282 e. The normalized spacial score (nSPS) is 10.9. The van der Waals surface area contributed by atoms with E-state index in [1.54, 1.807) is 25.4 Å². The van der Waals surface area contributed by atoms with Crippen LogP contribution in [0.4, 0.5) is 0 Å². The summed E-state index contributed by atoms with van der Waals surface area (Å²) in [4.78, 5) is 30.5. The maximum Gasteiger partial charge on any atom is 0.336 e. The van der Waals surface area contributed by atoms with Crippen molar-refractivity contribution in [2.45, 2.75) is 20.4 Å². The van der Waals surface area contributed by atoms with Crippen molar-refractivity contribution in [3.63, 3.8) is 0 Å². The summed E-state index contributed by atoms with van der Waals surface area (Å²) in [5, 5.41) is 14.4. The smallest absolute Gasteiger partial charge is 0.282 e. The molecular formula is C20H16N6O2. The third kappa shape index (κ3) is 2.61. The number of para-hydroxylation sites is 1. The molecule has 28 heavy (non-hydrogen) atoms. The van der Waals surface area contributed by atoms with Gasteiger partial charge >= 0.3 is 5.69 Å². The SMILES string of the molecule is Cc1cncc(-n2c(=O)c(-n3ncc4ccccc43)c(C)n(CC#N)c2=O)c1. The van der Waals surface area contributed by atoms with E-state index < -0.39 is 11.2 Å². The minimum absolute atomic E-state index is 0.184. The van der Waals surface area contributed by atoms with Crippen molar-refractivity contribution in [3.05, 3.63) is 81.0 Å². The summed E-state index contributed by atoms with van der Waals surface area (Å²) in [6.45, 7) is 3.28. The van der Waals surface area contributed by atoms with Gasteiger partial charge in [-0.15, -0.1) is 0 Å². The van der Waals surface area contributed by atoms with Crippen molar-refractivity contribution < 1.29 is 0 Å². The Bertz CT molecular complexity index is 1370. The molecule has 4 rings (SSSR count). The fourth-order valence-corrected chi connectivity index (χ4v) is 3.28.